The van der Waals surface area contributed by atoms with Crippen LogP contribution < -0.4 is 0 Å². The molecule has 5 unspecified atom stereocenters. The van der Waals surface area contributed by atoms with Crippen LogP contribution in [0.15, 0.2) is 158 Å². The molecule has 0 saturated heterocycles. The van der Waals surface area contributed by atoms with E-state index in [0.717, 1.165) is 193 Å². The Labute approximate surface area is 655 Å². The number of allylic oxidation sites excluding steroid dienone is 26. The zero-order chi connectivity index (χ0) is 78.9. The lowest BCUT2D eigenvalue weighted by Gasteiger charge is -2.21. The lowest BCUT2D eigenvalue weighted by molar-refractivity contribution is -0.161. The Morgan fingerprint density at radius 1 is 0.269 bits per heavy atom. The van der Waals surface area contributed by atoms with Crippen molar-refractivity contribution in [2.45, 2.75) is 341 Å². The van der Waals surface area contributed by atoms with Gasteiger partial charge in [-0.2, -0.15) is 0 Å². The Bertz CT molecular complexity index is 2660. The third kappa shape index (κ3) is 78.8. The number of unbranched alkanes of at least 4 members (excludes halogenated alkanes) is 25. The number of rotatable bonds is 77. The summed E-state index contributed by atoms with van der Waals surface area (Å²) < 4.78 is 68.6. The van der Waals surface area contributed by atoms with Crippen LogP contribution >= 0.6 is 15.6 Å². The number of carbonyl (C=O) groups is 4. The van der Waals surface area contributed by atoms with E-state index in [-0.39, 0.29) is 25.7 Å². The first kappa shape index (κ1) is 103. The molecule has 108 heavy (non-hydrogen) atoms. The molecule has 0 aromatic carbocycles. The number of phosphoric acid groups is 2. The molecule has 0 amide bonds. The second-order valence-electron chi connectivity index (χ2n) is 27.3. The van der Waals surface area contributed by atoms with Gasteiger partial charge in [-0.25, -0.2) is 9.13 Å². The maximum Gasteiger partial charge on any atom is 0.472 e. The predicted octanol–water partition coefficient (Wildman–Crippen LogP) is 24.8. The van der Waals surface area contributed by atoms with Crippen molar-refractivity contribution in [1.82, 2.24) is 0 Å². The lowest BCUT2D eigenvalue weighted by atomic mass is 10.1. The fourth-order valence-electron chi connectivity index (χ4n) is 10.7. The molecule has 19 heteroatoms. The van der Waals surface area contributed by atoms with Crippen LogP contribution in [0.1, 0.15) is 323 Å². The van der Waals surface area contributed by atoms with E-state index in [4.69, 9.17) is 37.0 Å². The summed E-state index contributed by atoms with van der Waals surface area (Å²) in [7, 11) is -10.0. The average molecular weight is 1550 g/mol. The highest BCUT2D eigenvalue weighted by molar-refractivity contribution is 7.47. The van der Waals surface area contributed by atoms with Crippen molar-refractivity contribution >= 4 is 39.5 Å². The third-order valence-corrected chi connectivity index (χ3v) is 18.9. The number of aliphatic hydroxyl groups is 1. The standard InChI is InChI=1S/C89H148O17P2/c1-5-9-13-17-21-25-29-33-36-39-41-44-46-50-53-57-61-65-69-73-86(91)99-79-84(105-88(93)75-71-67-63-59-55-49-32-28-24-20-16-12-8-4)81-103-107(95,96)101-77-83(90)78-102-108(97,98)104-82-85(106-89(94)76-72-68-64-60-56-52-48-43-38-35-31-27-23-19-15-11-7-3)80-100-87(92)74-70-66-62-58-54-51-47-45-42-40-37-34-30-26-22-18-14-10-6-2/h9,11,13,15,21-23,25-28,32-38,41-42,44-45,50,53,61,65,83-85,90H,5-8,10,12,14,16-20,24,29-31,39-40,43,46-49,51-52,54-60,62-64,66-82H2,1-4H3,(H,95,96)(H,97,98)/b13-9-,15-11-,25-21-,26-22-,27-23-,32-28-,36-33-,37-34-,38-35-,44-41-,45-42-,53-50-,65-61-. The monoisotopic (exact) mass is 1550 g/mol. The maximum atomic E-state index is 13.1. The SMILES string of the molecule is CC/C=C\C/C=C\C/C=C\C/C=C\C/C=C\C/C=C\CCC(=O)OCC(COP(=O)(O)OCC(O)COP(=O)(O)OCC(COC(=O)CCCCCCCC/C=C\C/C=C\C/C=C\CCCCC)OC(=O)CCCCCCCCC/C=C\C/C=C\C/C=C\CC)OC(=O)CCCCCCC/C=C\CCCCCC. The molecule has 17 nitrogen and oxygen atoms in total. The highest BCUT2D eigenvalue weighted by Crippen LogP contribution is 2.45. The fourth-order valence-corrected chi connectivity index (χ4v) is 12.3. The Morgan fingerprint density at radius 3 is 0.824 bits per heavy atom. The summed E-state index contributed by atoms with van der Waals surface area (Å²) in [6.07, 6.45) is 93.6. The number of phosphoric ester groups is 2. The zero-order valence-corrected chi connectivity index (χ0v) is 69.3. The summed E-state index contributed by atoms with van der Waals surface area (Å²) in [5.74, 6) is -2.31. The van der Waals surface area contributed by atoms with Crippen LogP contribution in [0.5, 0.6) is 0 Å². The Morgan fingerprint density at radius 2 is 0.500 bits per heavy atom. The van der Waals surface area contributed by atoms with Crippen molar-refractivity contribution in [2.24, 2.45) is 0 Å². The molecular formula is C89H148O17P2. The quantitative estimate of drug-likeness (QED) is 0.0169. The van der Waals surface area contributed by atoms with Crippen molar-refractivity contribution < 1.29 is 80.2 Å². The van der Waals surface area contributed by atoms with Crippen molar-refractivity contribution in [3.63, 3.8) is 0 Å². The van der Waals surface area contributed by atoms with Gasteiger partial charge < -0.3 is 33.8 Å². The van der Waals surface area contributed by atoms with E-state index in [1.807, 2.05) is 18.2 Å². The van der Waals surface area contributed by atoms with Crippen LogP contribution in [0.4, 0.5) is 0 Å². The minimum absolute atomic E-state index is 0.0306. The Balaban J connectivity index is 5.44. The van der Waals surface area contributed by atoms with Gasteiger partial charge in [0.1, 0.15) is 19.3 Å². The summed E-state index contributed by atoms with van der Waals surface area (Å²) >= 11 is 0. The van der Waals surface area contributed by atoms with Gasteiger partial charge in [0.15, 0.2) is 12.2 Å². The number of aliphatic hydroxyl groups excluding tert-OH is 1. The van der Waals surface area contributed by atoms with Gasteiger partial charge in [-0.05, 0) is 161 Å². The van der Waals surface area contributed by atoms with Gasteiger partial charge in [0.2, 0.25) is 0 Å². The molecule has 0 radical (unpaired) electrons. The van der Waals surface area contributed by atoms with Crippen LogP contribution in [0, 0.1) is 0 Å². The van der Waals surface area contributed by atoms with Crippen LogP contribution in [0.3, 0.4) is 0 Å². The van der Waals surface area contributed by atoms with E-state index in [0.29, 0.717) is 32.1 Å². The number of ether oxygens (including phenoxy) is 4. The van der Waals surface area contributed by atoms with Crippen molar-refractivity contribution in [3.05, 3.63) is 158 Å². The molecule has 5 atom stereocenters. The van der Waals surface area contributed by atoms with Gasteiger partial charge in [-0.1, -0.05) is 295 Å². The topological polar surface area (TPSA) is 237 Å². The molecule has 0 aliphatic carbocycles. The van der Waals surface area contributed by atoms with E-state index < -0.39 is 97.5 Å². The highest BCUT2D eigenvalue weighted by Gasteiger charge is 2.30. The summed E-state index contributed by atoms with van der Waals surface area (Å²) in [4.78, 5) is 73.1. The minimum Gasteiger partial charge on any atom is -0.462 e. The zero-order valence-electron chi connectivity index (χ0n) is 67.5. The van der Waals surface area contributed by atoms with Gasteiger partial charge in [-0.15, -0.1) is 0 Å². The fraction of sp³-hybridized carbons (Fsp3) is 0.663. The van der Waals surface area contributed by atoms with Gasteiger partial charge >= 0.3 is 39.5 Å². The molecular weight excluding hydrogens is 1400 g/mol. The molecule has 0 heterocycles. The molecule has 0 aromatic heterocycles. The molecule has 0 aliphatic rings. The van der Waals surface area contributed by atoms with E-state index in [9.17, 15) is 43.2 Å². The van der Waals surface area contributed by atoms with E-state index >= 15 is 0 Å². The largest absolute Gasteiger partial charge is 0.472 e. The number of esters is 4. The minimum atomic E-state index is -5.00. The molecule has 0 saturated carbocycles. The van der Waals surface area contributed by atoms with Crippen LogP contribution in [-0.4, -0.2) is 96.7 Å². The Hall–Kier alpha value is -5.32. The van der Waals surface area contributed by atoms with E-state index in [2.05, 4.69) is 167 Å². The Kier molecular flexibility index (Phi) is 75.8. The second-order valence-corrected chi connectivity index (χ2v) is 30.2. The molecule has 0 aliphatic heterocycles. The average Bonchev–Trinajstić information content (AvgIpc) is 0.916. The summed E-state index contributed by atoms with van der Waals surface area (Å²) in [5, 5.41) is 10.7. The molecule has 616 valence electrons. The summed E-state index contributed by atoms with van der Waals surface area (Å²) in [6, 6.07) is 0. The first-order valence-electron chi connectivity index (χ1n) is 41.7. The van der Waals surface area contributed by atoms with E-state index in [1.54, 1.807) is 0 Å². The van der Waals surface area contributed by atoms with Crippen molar-refractivity contribution in [3.8, 4) is 0 Å². The van der Waals surface area contributed by atoms with Crippen molar-refractivity contribution in [2.75, 3.05) is 39.6 Å². The van der Waals surface area contributed by atoms with Crippen molar-refractivity contribution in [1.29, 1.82) is 0 Å². The molecule has 0 rings (SSSR count). The maximum absolute atomic E-state index is 13.1. The van der Waals surface area contributed by atoms with Gasteiger partial charge in [0.05, 0.1) is 26.4 Å². The number of hydrogen-bond acceptors (Lipinski definition) is 15. The van der Waals surface area contributed by atoms with Crippen LogP contribution in [0.25, 0.3) is 0 Å². The third-order valence-electron chi connectivity index (χ3n) is 17.0. The first-order valence-corrected chi connectivity index (χ1v) is 44.7. The molecule has 0 spiro atoms. The summed E-state index contributed by atoms with van der Waals surface area (Å²) in [6.45, 7) is 4.50. The normalized spacial score (nSPS) is 14.6. The second kappa shape index (κ2) is 79.8. The number of hydrogen-bond donors (Lipinski definition) is 3. The summed E-state index contributed by atoms with van der Waals surface area (Å²) in [5.41, 5.74) is 0. The van der Waals surface area contributed by atoms with Gasteiger partial charge in [-0.3, -0.25) is 37.3 Å². The van der Waals surface area contributed by atoms with E-state index in [1.165, 1.54) is 44.9 Å². The highest BCUT2D eigenvalue weighted by atomic mass is 31.2. The number of carbonyl (C=O) groups excluding carboxylic acids is 4. The van der Waals surface area contributed by atoms with Gasteiger partial charge in [0, 0.05) is 25.7 Å². The molecule has 0 bridgehead atoms. The van der Waals surface area contributed by atoms with Gasteiger partial charge in [0.25, 0.3) is 0 Å². The first-order chi connectivity index (χ1) is 52.7. The predicted molar refractivity (Wildman–Crippen MR) is 445 cm³/mol. The van der Waals surface area contributed by atoms with Crippen LogP contribution in [0.2, 0.25) is 0 Å². The molecule has 3 N–H and O–H groups in total. The molecule has 0 aromatic rings. The van der Waals surface area contributed by atoms with Crippen LogP contribution in [-0.2, 0) is 65.4 Å². The molecule has 0 fully saturated rings. The lowest BCUT2D eigenvalue weighted by Crippen LogP contribution is -2.30. The smallest absolute Gasteiger partial charge is 0.462 e.